The molecule has 0 radical (unpaired) electrons. The molecule has 1 aromatic carbocycles. The Bertz CT molecular complexity index is 565. The Morgan fingerprint density at radius 2 is 2.16 bits per heavy atom. The summed E-state index contributed by atoms with van der Waals surface area (Å²) < 4.78 is 18.6. The van der Waals surface area contributed by atoms with E-state index in [0.717, 1.165) is 35.2 Å². The fourth-order valence-corrected chi connectivity index (χ4v) is 2.41. The number of fused-ring (bicyclic) bond motifs is 1. The third-order valence-corrected chi connectivity index (χ3v) is 3.48. The highest BCUT2D eigenvalue weighted by atomic mass is 19.1. The van der Waals surface area contributed by atoms with E-state index >= 15 is 0 Å². The topological polar surface area (TPSA) is 28.3 Å². The molecule has 1 aromatic heterocycles. The largest absolute Gasteiger partial charge is 0.380 e. The van der Waals surface area contributed by atoms with Crippen LogP contribution in [0.4, 0.5) is 4.39 Å². The summed E-state index contributed by atoms with van der Waals surface area (Å²) in [6.07, 6.45) is 0.187. The first-order valence-corrected chi connectivity index (χ1v) is 6.49. The van der Waals surface area contributed by atoms with Crippen LogP contribution in [0.5, 0.6) is 0 Å². The monoisotopic (exact) mass is 264 g/mol. The van der Waals surface area contributed by atoms with E-state index in [2.05, 4.69) is 9.88 Å². The third-order valence-electron chi connectivity index (χ3n) is 3.48. The van der Waals surface area contributed by atoms with Gasteiger partial charge >= 0.3 is 0 Å². The molecule has 19 heavy (non-hydrogen) atoms. The molecule has 1 N–H and O–H groups in total. The number of benzene rings is 1. The molecule has 104 valence electrons. The number of nitrogens with zero attached hydrogens (tertiary/aromatic N) is 1. The Morgan fingerprint density at radius 1 is 1.42 bits per heavy atom. The summed E-state index contributed by atoms with van der Waals surface area (Å²) in [7, 11) is 3.76. The maximum atomic E-state index is 13.4. The van der Waals surface area contributed by atoms with Gasteiger partial charge in [-0.15, -0.1) is 0 Å². The van der Waals surface area contributed by atoms with Gasteiger partial charge in [0.2, 0.25) is 0 Å². The van der Waals surface area contributed by atoms with Crippen LogP contribution in [-0.2, 0) is 11.3 Å². The lowest BCUT2D eigenvalue weighted by Crippen LogP contribution is -2.28. The summed E-state index contributed by atoms with van der Waals surface area (Å²) in [6, 6.07) is 4.87. The summed E-state index contributed by atoms with van der Waals surface area (Å²) in [5.74, 6) is -0.194. The first-order valence-electron chi connectivity index (χ1n) is 6.49. The number of H-pyrrole nitrogens is 1. The molecule has 3 nitrogen and oxygen atoms in total. The van der Waals surface area contributed by atoms with Gasteiger partial charge in [0.15, 0.2) is 0 Å². The molecule has 0 spiro atoms. The summed E-state index contributed by atoms with van der Waals surface area (Å²) in [5, 5.41) is 0.967. The van der Waals surface area contributed by atoms with Gasteiger partial charge in [0.25, 0.3) is 0 Å². The summed E-state index contributed by atoms with van der Waals surface area (Å²) in [6.45, 7) is 5.69. The first-order chi connectivity index (χ1) is 9.01. The number of rotatable bonds is 5. The highest BCUT2D eigenvalue weighted by Crippen LogP contribution is 2.24. The molecule has 0 amide bonds. The molecule has 0 bridgehead atoms. The van der Waals surface area contributed by atoms with Crippen LogP contribution in [0.2, 0.25) is 0 Å². The average molecular weight is 264 g/mol. The van der Waals surface area contributed by atoms with Crippen molar-refractivity contribution in [3.8, 4) is 0 Å². The van der Waals surface area contributed by atoms with Crippen molar-refractivity contribution in [3.63, 3.8) is 0 Å². The molecule has 0 unspecified atom stereocenters. The van der Waals surface area contributed by atoms with Gasteiger partial charge in [-0.25, -0.2) is 4.39 Å². The Hall–Kier alpha value is -1.39. The quantitative estimate of drug-likeness (QED) is 0.899. The molecule has 1 heterocycles. The van der Waals surface area contributed by atoms with E-state index in [4.69, 9.17) is 4.74 Å². The molecule has 1 atom stereocenters. The number of halogens is 1. The normalized spacial score (nSPS) is 13.4. The van der Waals surface area contributed by atoms with E-state index in [9.17, 15) is 4.39 Å². The third kappa shape index (κ3) is 3.14. The van der Waals surface area contributed by atoms with E-state index in [1.807, 2.05) is 20.9 Å². The lowest BCUT2D eigenvalue weighted by molar-refractivity contribution is 0.0837. The number of methoxy groups -OCH3 is 1. The zero-order valence-electron chi connectivity index (χ0n) is 12.0. The molecule has 2 rings (SSSR count). The molecule has 4 heteroatoms. The van der Waals surface area contributed by atoms with Crippen molar-refractivity contribution in [2.45, 2.75) is 26.5 Å². The zero-order valence-corrected chi connectivity index (χ0v) is 12.0. The minimum Gasteiger partial charge on any atom is -0.380 e. The number of hydrogen-bond donors (Lipinski definition) is 1. The highest BCUT2D eigenvalue weighted by molar-refractivity contribution is 5.84. The lowest BCUT2D eigenvalue weighted by atomic mass is 10.1. The van der Waals surface area contributed by atoms with Crippen molar-refractivity contribution in [1.82, 2.24) is 9.88 Å². The maximum Gasteiger partial charge on any atom is 0.123 e. The summed E-state index contributed by atoms with van der Waals surface area (Å²) in [4.78, 5) is 5.49. The number of aromatic nitrogens is 1. The minimum atomic E-state index is -0.194. The van der Waals surface area contributed by atoms with Gasteiger partial charge in [-0.1, -0.05) is 0 Å². The predicted molar refractivity (Wildman–Crippen MR) is 75.8 cm³/mol. The fraction of sp³-hybridized carbons (Fsp3) is 0.467. The molecule has 2 aromatic rings. The van der Waals surface area contributed by atoms with Gasteiger partial charge in [-0.3, -0.25) is 4.90 Å². The summed E-state index contributed by atoms with van der Waals surface area (Å²) >= 11 is 0. The van der Waals surface area contributed by atoms with Crippen LogP contribution in [0.25, 0.3) is 10.9 Å². The Balaban J connectivity index is 2.24. The van der Waals surface area contributed by atoms with Gasteiger partial charge in [0.05, 0.1) is 6.10 Å². The molecule has 0 fully saturated rings. The first kappa shape index (κ1) is 14.0. The van der Waals surface area contributed by atoms with Gasteiger partial charge in [0.1, 0.15) is 5.82 Å². The predicted octanol–water partition coefficient (Wildman–Crippen LogP) is 3.08. The van der Waals surface area contributed by atoms with Gasteiger partial charge in [-0.2, -0.15) is 0 Å². The van der Waals surface area contributed by atoms with Gasteiger partial charge in [0, 0.05) is 36.8 Å². The Kier molecular flexibility index (Phi) is 4.22. The lowest BCUT2D eigenvalue weighted by Gasteiger charge is -2.20. The van der Waals surface area contributed by atoms with Crippen molar-refractivity contribution in [1.29, 1.82) is 0 Å². The van der Waals surface area contributed by atoms with Crippen LogP contribution >= 0.6 is 0 Å². The van der Waals surface area contributed by atoms with Crippen LogP contribution in [-0.4, -0.2) is 36.7 Å². The second-order valence-electron chi connectivity index (χ2n) is 5.16. The zero-order chi connectivity index (χ0) is 14.0. The van der Waals surface area contributed by atoms with Crippen molar-refractivity contribution in [2.24, 2.45) is 0 Å². The number of aromatic amines is 1. The second kappa shape index (κ2) is 5.72. The Morgan fingerprint density at radius 3 is 2.84 bits per heavy atom. The van der Waals surface area contributed by atoms with Gasteiger partial charge < -0.3 is 9.72 Å². The van der Waals surface area contributed by atoms with E-state index in [1.54, 1.807) is 19.2 Å². The molecular formula is C15H21FN2O. The van der Waals surface area contributed by atoms with Crippen LogP contribution in [0, 0.1) is 12.7 Å². The van der Waals surface area contributed by atoms with Crippen LogP contribution < -0.4 is 0 Å². The van der Waals surface area contributed by atoms with Crippen molar-refractivity contribution in [3.05, 3.63) is 35.3 Å². The van der Waals surface area contributed by atoms with E-state index in [1.165, 1.54) is 6.07 Å². The molecule has 0 aliphatic heterocycles. The van der Waals surface area contributed by atoms with E-state index < -0.39 is 0 Å². The number of aryl methyl sites for hydroxylation is 1. The number of nitrogens with one attached hydrogen (secondary N) is 1. The average Bonchev–Trinajstić information content (AvgIpc) is 2.66. The smallest absolute Gasteiger partial charge is 0.123 e. The Labute approximate surface area is 113 Å². The van der Waals surface area contributed by atoms with E-state index in [0.29, 0.717) is 0 Å². The summed E-state index contributed by atoms with van der Waals surface area (Å²) in [5.41, 5.74) is 3.24. The van der Waals surface area contributed by atoms with Crippen LogP contribution in [0.1, 0.15) is 18.2 Å². The van der Waals surface area contributed by atoms with Crippen LogP contribution in [0.15, 0.2) is 18.2 Å². The molecule has 0 aliphatic carbocycles. The van der Waals surface area contributed by atoms with E-state index in [-0.39, 0.29) is 11.9 Å². The molecule has 0 saturated carbocycles. The fourth-order valence-electron chi connectivity index (χ4n) is 2.41. The molecule has 0 aliphatic rings. The number of hydrogen-bond acceptors (Lipinski definition) is 2. The minimum absolute atomic E-state index is 0.187. The molecule has 0 saturated heterocycles. The molecular weight excluding hydrogens is 243 g/mol. The number of likely N-dealkylation sites (N-methyl/N-ethyl adjacent to an activating group) is 1. The highest BCUT2D eigenvalue weighted by Gasteiger charge is 2.12. The van der Waals surface area contributed by atoms with Gasteiger partial charge in [-0.05, 0) is 44.7 Å². The van der Waals surface area contributed by atoms with Crippen molar-refractivity contribution >= 4 is 10.9 Å². The van der Waals surface area contributed by atoms with Crippen molar-refractivity contribution in [2.75, 3.05) is 20.7 Å². The van der Waals surface area contributed by atoms with Crippen molar-refractivity contribution < 1.29 is 9.13 Å². The maximum absolute atomic E-state index is 13.4. The standard InChI is InChI=1S/C15H21FN2O/c1-10(19-4)8-18(3)9-14-11(2)17-15-6-5-12(16)7-13(14)15/h5-7,10,17H,8-9H2,1-4H3/t10-/m0/s1. The SMILES string of the molecule is CO[C@@H](C)CN(C)Cc1c(C)[nH]c2ccc(F)cc12. The van der Waals surface area contributed by atoms with Crippen LogP contribution in [0.3, 0.4) is 0 Å². The number of ether oxygens (including phenoxy) is 1. The second-order valence-corrected chi connectivity index (χ2v) is 5.16.